The number of rotatable bonds is 5. The van der Waals surface area contributed by atoms with Gasteiger partial charge in [-0.2, -0.15) is 0 Å². The van der Waals surface area contributed by atoms with Crippen LogP contribution in [0.5, 0.6) is 0 Å². The number of carbonyl (C=O) groups is 1. The zero-order valence-electron chi connectivity index (χ0n) is 13.9. The molecule has 0 saturated carbocycles. The van der Waals surface area contributed by atoms with E-state index in [1.807, 2.05) is 24.3 Å². The summed E-state index contributed by atoms with van der Waals surface area (Å²) < 4.78 is 25.2. The smallest absolute Gasteiger partial charge is 0.230 e. The first-order chi connectivity index (χ1) is 11.9. The highest BCUT2D eigenvalue weighted by atomic mass is 32.2. The van der Waals surface area contributed by atoms with Crippen molar-refractivity contribution in [2.24, 2.45) is 0 Å². The highest BCUT2D eigenvalue weighted by molar-refractivity contribution is 7.92. The number of hydrogen-bond donors (Lipinski definition) is 1. The molecule has 0 radical (unpaired) electrons. The monoisotopic (exact) mass is 374 g/mol. The second-order valence-electron chi connectivity index (χ2n) is 5.95. The van der Waals surface area contributed by atoms with E-state index in [0.29, 0.717) is 5.13 Å². The first-order valence-electron chi connectivity index (χ1n) is 7.84. The van der Waals surface area contributed by atoms with E-state index < -0.39 is 15.1 Å². The molecule has 25 heavy (non-hydrogen) atoms. The summed E-state index contributed by atoms with van der Waals surface area (Å²) in [6, 6.07) is 14.1. The fourth-order valence-corrected chi connectivity index (χ4v) is 4.29. The predicted octanol–water partition coefficient (Wildman–Crippen LogP) is 3.66. The molecule has 0 fully saturated rings. The Morgan fingerprint density at radius 3 is 2.44 bits per heavy atom. The van der Waals surface area contributed by atoms with Gasteiger partial charge in [0.05, 0.1) is 26.8 Å². The highest BCUT2D eigenvalue weighted by Gasteiger charge is 2.19. The molecule has 1 amide bonds. The maximum atomic E-state index is 12.2. The van der Waals surface area contributed by atoms with Gasteiger partial charge in [-0.1, -0.05) is 35.6 Å². The van der Waals surface area contributed by atoms with Crippen molar-refractivity contribution in [2.45, 2.75) is 30.4 Å². The van der Waals surface area contributed by atoms with Gasteiger partial charge in [-0.25, -0.2) is 13.4 Å². The van der Waals surface area contributed by atoms with Crippen LogP contribution in [0, 0.1) is 0 Å². The van der Waals surface area contributed by atoms with Crippen LogP contribution in [0.2, 0.25) is 0 Å². The molecule has 0 aliphatic rings. The SMILES string of the molecule is CC(C)S(=O)(=O)c1ccc(CC(=O)Nc2nc3ccccc3s2)cc1. The van der Waals surface area contributed by atoms with Gasteiger partial charge in [0.1, 0.15) is 0 Å². The number of aromatic nitrogens is 1. The first kappa shape index (κ1) is 17.6. The van der Waals surface area contributed by atoms with Gasteiger partial charge in [-0.05, 0) is 43.7 Å². The van der Waals surface area contributed by atoms with Crippen LogP contribution in [-0.4, -0.2) is 24.6 Å². The van der Waals surface area contributed by atoms with E-state index in [-0.39, 0.29) is 17.2 Å². The standard InChI is InChI=1S/C18H18N2O3S2/c1-12(2)25(22,23)14-9-7-13(8-10-14)11-17(21)20-18-19-15-5-3-4-6-16(15)24-18/h3-10,12H,11H2,1-2H3,(H,19,20,21). The summed E-state index contributed by atoms with van der Waals surface area (Å²) in [6.45, 7) is 3.30. The molecule has 1 aromatic heterocycles. The minimum Gasteiger partial charge on any atom is -0.302 e. The molecule has 0 atom stereocenters. The Balaban J connectivity index is 1.68. The topological polar surface area (TPSA) is 76.1 Å². The molecule has 1 heterocycles. The van der Waals surface area contributed by atoms with Crippen molar-refractivity contribution < 1.29 is 13.2 Å². The second-order valence-corrected chi connectivity index (χ2v) is 9.48. The number of nitrogens with zero attached hydrogens (tertiary/aromatic N) is 1. The molecule has 1 N–H and O–H groups in total. The zero-order valence-corrected chi connectivity index (χ0v) is 15.5. The Labute approximate surface area is 150 Å². The molecule has 2 aromatic carbocycles. The molecular weight excluding hydrogens is 356 g/mol. The average molecular weight is 374 g/mol. The van der Waals surface area contributed by atoms with Gasteiger partial charge in [0, 0.05) is 0 Å². The minimum absolute atomic E-state index is 0.165. The molecule has 0 saturated heterocycles. The summed E-state index contributed by atoms with van der Waals surface area (Å²) in [7, 11) is -3.29. The van der Waals surface area contributed by atoms with Crippen molar-refractivity contribution in [1.82, 2.24) is 4.98 Å². The molecule has 0 bridgehead atoms. The number of amides is 1. The fourth-order valence-electron chi connectivity index (χ4n) is 2.34. The quantitative estimate of drug-likeness (QED) is 0.739. The van der Waals surface area contributed by atoms with E-state index >= 15 is 0 Å². The number of sulfone groups is 1. The van der Waals surface area contributed by atoms with Crippen LogP contribution < -0.4 is 5.32 Å². The maximum absolute atomic E-state index is 12.2. The fraction of sp³-hybridized carbons (Fsp3) is 0.222. The van der Waals surface area contributed by atoms with Crippen LogP contribution in [-0.2, 0) is 21.1 Å². The third kappa shape index (κ3) is 3.88. The van der Waals surface area contributed by atoms with Crippen molar-refractivity contribution in [2.75, 3.05) is 5.32 Å². The number of anilines is 1. The molecule has 3 rings (SSSR count). The summed E-state index contributed by atoms with van der Waals surface area (Å²) in [5, 5.41) is 2.88. The van der Waals surface area contributed by atoms with Gasteiger partial charge in [-0.3, -0.25) is 4.79 Å². The van der Waals surface area contributed by atoms with E-state index in [9.17, 15) is 13.2 Å². The Kier molecular flexibility index (Phi) is 4.87. The molecule has 5 nitrogen and oxygen atoms in total. The molecule has 0 spiro atoms. The van der Waals surface area contributed by atoms with Gasteiger partial charge in [0.25, 0.3) is 0 Å². The lowest BCUT2D eigenvalue weighted by Crippen LogP contribution is -2.15. The number of nitrogens with one attached hydrogen (secondary N) is 1. The van der Waals surface area contributed by atoms with Crippen molar-refractivity contribution in [3.63, 3.8) is 0 Å². The lowest BCUT2D eigenvalue weighted by atomic mass is 10.1. The molecule has 0 unspecified atom stereocenters. The lowest BCUT2D eigenvalue weighted by Gasteiger charge is -2.08. The van der Waals surface area contributed by atoms with Crippen LogP contribution in [0.15, 0.2) is 53.4 Å². The predicted molar refractivity (Wildman–Crippen MR) is 101 cm³/mol. The van der Waals surface area contributed by atoms with E-state index in [1.54, 1.807) is 38.1 Å². The van der Waals surface area contributed by atoms with Crippen LogP contribution >= 0.6 is 11.3 Å². The Bertz CT molecular complexity index is 973. The Morgan fingerprint density at radius 1 is 1.12 bits per heavy atom. The number of benzene rings is 2. The Morgan fingerprint density at radius 2 is 1.80 bits per heavy atom. The van der Waals surface area contributed by atoms with Crippen molar-refractivity contribution in [1.29, 1.82) is 0 Å². The average Bonchev–Trinajstić information content (AvgIpc) is 2.97. The van der Waals surface area contributed by atoms with Gasteiger partial charge in [0.15, 0.2) is 15.0 Å². The third-order valence-corrected chi connectivity index (χ3v) is 6.90. The minimum atomic E-state index is -3.29. The van der Waals surface area contributed by atoms with Gasteiger partial charge in [0.2, 0.25) is 5.91 Å². The normalized spacial score (nSPS) is 11.8. The van der Waals surface area contributed by atoms with Crippen LogP contribution in [0.25, 0.3) is 10.2 Å². The van der Waals surface area contributed by atoms with E-state index in [4.69, 9.17) is 0 Å². The third-order valence-electron chi connectivity index (χ3n) is 3.78. The zero-order chi connectivity index (χ0) is 18.0. The highest BCUT2D eigenvalue weighted by Crippen LogP contribution is 2.25. The summed E-state index contributed by atoms with van der Waals surface area (Å²) in [5.41, 5.74) is 1.60. The van der Waals surface area contributed by atoms with Gasteiger partial charge < -0.3 is 5.32 Å². The number of fused-ring (bicyclic) bond motifs is 1. The molecule has 0 aliphatic carbocycles. The summed E-state index contributed by atoms with van der Waals surface area (Å²) >= 11 is 1.42. The summed E-state index contributed by atoms with van der Waals surface area (Å²) in [5.74, 6) is -0.182. The van der Waals surface area contributed by atoms with Gasteiger partial charge in [-0.15, -0.1) is 0 Å². The van der Waals surface area contributed by atoms with Gasteiger partial charge >= 0.3 is 0 Å². The van der Waals surface area contributed by atoms with Crippen LogP contribution in [0.1, 0.15) is 19.4 Å². The first-order valence-corrected chi connectivity index (χ1v) is 10.2. The Hall–Kier alpha value is -2.25. The van der Waals surface area contributed by atoms with Crippen LogP contribution in [0.4, 0.5) is 5.13 Å². The molecule has 3 aromatic rings. The van der Waals surface area contributed by atoms with Crippen molar-refractivity contribution in [3.05, 3.63) is 54.1 Å². The number of carbonyl (C=O) groups excluding carboxylic acids is 1. The lowest BCUT2D eigenvalue weighted by molar-refractivity contribution is -0.115. The molecular formula is C18H18N2O3S2. The summed E-state index contributed by atoms with van der Waals surface area (Å²) in [4.78, 5) is 16.8. The molecule has 7 heteroatoms. The number of hydrogen-bond acceptors (Lipinski definition) is 5. The largest absolute Gasteiger partial charge is 0.302 e. The van der Waals surface area contributed by atoms with Crippen molar-refractivity contribution in [3.8, 4) is 0 Å². The van der Waals surface area contributed by atoms with Crippen LogP contribution in [0.3, 0.4) is 0 Å². The van der Waals surface area contributed by atoms with Crippen molar-refractivity contribution >= 4 is 42.4 Å². The number of thiazole rings is 1. The molecule has 130 valence electrons. The molecule has 0 aliphatic heterocycles. The number of para-hydroxylation sites is 1. The van der Waals surface area contributed by atoms with E-state index in [1.165, 1.54) is 11.3 Å². The summed E-state index contributed by atoms with van der Waals surface area (Å²) in [6.07, 6.45) is 0.165. The van der Waals surface area contributed by atoms with E-state index in [2.05, 4.69) is 10.3 Å². The maximum Gasteiger partial charge on any atom is 0.230 e. The van der Waals surface area contributed by atoms with E-state index in [0.717, 1.165) is 15.8 Å². The second kappa shape index (κ2) is 6.93.